The first-order chi connectivity index (χ1) is 9.99. The number of nitro benzene ring substituents is 1. The molecule has 1 aromatic carbocycles. The lowest BCUT2D eigenvalue weighted by Crippen LogP contribution is -2.25. The maximum atomic E-state index is 11.5. The van der Waals surface area contributed by atoms with E-state index in [0.717, 1.165) is 24.8 Å². The lowest BCUT2D eigenvalue weighted by molar-refractivity contribution is -0.384. The highest BCUT2D eigenvalue weighted by Crippen LogP contribution is 2.26. The lowest BCUT2D eigenvalue weighted by Gasteiger charge is -2.07. The van der Waals surface area contributed by atoms with Gasteiger partial charge >= 0.3 is 11.9 Å². The number of ether oxygens (including phenoxy) is 1. The second kappa shape index (κ2) is 7.98. The van der Waals surface area contributed by atoms with Crippen LogP contribution in [0.25, 0.3) is 0 Å². The molecule has 0 aliphatic heterocycles. The van der Waals surface area contributed by atoms with E-state index >= 15 is 0 Å². The summed E-state index contributed by atoms with van der Waals surface area (Å²) in [7, 11) is 0. The van der Waals surface area contributed by atoms with Gasteiger partial charge in [-0.25, -0.2) is 4.79 Å². The highest BCUT2D eigenvalue weighted by Gasteiger charge is 2.21. The van der Waals surface area contributed by atoms with E-state index in [0.29, 0.717) is 0 Å². The monoisotopic (exact) mass is 294 g/mol. The van der Waals surface area contributed by atoms with Gasteiger partial charge in [-0.15, -0.1) is 0 Å². The summed E-state index contributed by atoms with van der Waals surface area (Å²) in [6.07, 6.45) is 2.63. The van der Waals surface area contributed by atoms with Crippen LogP contribution in [0.2, 0.25) is 0 Å². The van der Waals surface area contributed by atoms with Crippen molar-refractivity contribution in [1.82, 2.24) is 0 Å². The van der Waals surface area contributed by atoms with Crippen LogP contribution >= 0.6 is 0 Å². The molecule has 114 valence electrons. The van der Waals surface area contributed by atoms with Gasteiger partial charge in [0.2, 0.25) is 0 Å². The van der Waals surface area contributed by atoms with Crippen LogP contribution in [0.3, 0.4) is 0 Å². The Kier molecular flexibility index (Phi) is 6.32. The predicted molar refractivity (Wildman–Crippen MR) is 77.0 cm³/mol. The minimum Gasteiger partial charge on any atom is -0.459 e. The third kappa shape index (κ3) is 4.87. The van der Waals surface area contributed by atoms with E-state index in [9.17, 15) is 19.7 Å². The van der Waals surface area contributed by atoms with Crippen LogP contribution in [0.4, 0.5) is 11.4 Å². The van der Waals surface area contributed by atoms with Crippen LogP contribution in [0.15, 0.2) is 18.2 Å². The standard InChI is InChI=1S/C14H18N2O5/c1-3-5-6-10-7-8-11(12(9-10)16(19)20)15-13(17)14(18)21-4-2/h7-9H,3-6H2,1-2H3,(H,15,17). The summed E-state index contributed by atoms with van der Waals surface area (Å²) < 4.78 is 4.53. The second-order valence-electron chi connectivity index (χ2n) is 4.39. The molecular weight excluding hydrogens is 276 g/mol. The molecule has 1 amide bonds. The van der Waals surface area contributed by atoms with E-state index in [-0.39, 0.29) is 18.0 Å². The first-order valence-electron chi connectivity index (χ1n) is 6.75. The Morgan fingerprint density at radius 1 is 1.33 bits per heavy atom. The highest BCUT2D eigenvalue weighted by atomic mass is 16.6. The average Bonchev–Trinajstić information content (AvgIpc) is 2.46. The van der Waals surface area contributed by atoms with Crippen molar-refractivity contribution in [3.05, 3.63) is 33.9 Å². The smallest absolute Gasteiger partial charge is 0.397 e. The van der Waals surface area contributed by atoms with Crippen LogP contribution in [0.1, 0.15) is 32.3 Å². The van der Waals surface area contributed by atoms with E-state index in [1.54, 1.807) is 13.0 Å². The molecular formula is C14H18N2O5. The van der Waals surface area contributed by atoms with Gasteiger partial charge in [0, 0.05) is 6.07 Å². The number of hydrogen-bond donors (Lipinski definition) is 1. The summed E-state index contributed by atoms with van der Waals surface area (Å²) in [5.74, 6) is -2.09. The first-order valence-corrected chi connectivity index (χ1v) is 6.75. The van der Waals surface area contributed by atoms with E-state index in [4.69, 9.17) is 0 Å². The molecule has 0 unspecified atom stereocenters. The van der Waals surface area contributed by atoms with Crippen LogP contribution in [-0.2, 0) is 20.7 Å². The average molecular weight is 294 g/mol. The topological polar surface area (TPSA) is 98.5 Å². The van der Waals surface area contributed by atoms with Gasteiger partial charge in [-0.1, -0.05) is 19.4 Å². The van der Waals surface area contributed by atoms with Crippen molar-refractivity contribution in [3.8, 4) is 0 Å². The molecule has 1 aromatic rings. The van der Waals surface area contributed by atoms with E-state index in [1.165, 1.54) is 12.1 Å². The molecule has 1 N–H and O–H groups in total. The van der Waals surface area contributed by atoms with Crippen LogP contribution in [-0.4, -0.2) is 23.4 Å². The zero-order chi connectivity index (χ0) is 15.8. The second-order valence-corrected chi connectivity index (χ2v) is 4.39. The largest absolute Gasteiger partial charge is 0.459 e. The lowest BCUT2D eigenvalue weighted by atomic mass is 10.1. The molecule has 0 saturated carbocycles. The van der Waals surface area contributed by atoms with E-state index in [2.05, 4.69) is 10.1 Å². The summed E-state index contributed by atoms with van der Waals surface area (Å²) in [5, 5.41) is 13.3. The third-order valence-electron chi connectivity index (χ3n) is 2.79. The summed E-state index contributed by atoms with van der Waals surface area (Å²) in [6.45, 7) is 3.66. The van der Waals surface area contributed by atoms with Crippen molar-refractivity contribution < 1.29 is 19.2 Å². The molecule has 0 spiro atoms. The molecule has 0 aliphatic rings. The number of aryl methyl sites for hydroxylation is 1. The maximum absolute atomic E-state index is 11.5. The first kappa shape index (κ1) is 16.6. The van der Waals surface area contributed by atoms with Crippen molar-refractivity contribution in [2.75, 3.05) is 11.9 Å². The Bertz CT molecular complexity index is 542. The molecule has 0 aromatic heterocycles. The molecule has 0 atom stereocenters. The third-order valence-corrected chi connectivity index (χ3v) is 2.79. The fraction of sp³-hybridized carbons (Fsp3) is 0.429. The summed E-state index contributed by atoms with van der Waals surface area (Å²) >= 11 is 0. The number of nitro groups is 1. The minimum atomic E-state index is -1.07. The molecule has 7 nitrogen and oxygen atoms in total. The molecule has 0 heterocycles. The van der Waals surface area contributed by atoms with Gasteiger partial charge in [0.25, 0.3) is 5.69 Å². The Morgan fingerprint density at radius 3 is 2.62 bits per heavy atom. The number of esters is 1. The van der Waals surface area contributed by atoms with Gasteiger partial charge in [0.05, 0.1) is 11.5 Å². The van der Waals surface area contributed by atoms with Crippen LogP contribution in [0.5, 0.6) is 0 Å². The minimum absolute atomic E-state index is 0.0155. The number of benzene rings is 1. The van der Waals surface area contributed by atoms with Gasteiger partial charge in [-0.3, -0.25) is 14.9 Å². The van der Waals surface area contributed by atoms with Crippen molar-refractivity contribution in [3.63, 3.8) is 0 Å². The fourth-order valence-electron chi connectivity index (χ4n) is 1.74. The van der Waals surface area contributed by atoms with E-state index < -0.39 is 16.8 Å². The van der Waals surface area contributed by atoms with Crippen molar-refractivity contribution in [2.45, 2.75) is 33.1 Å². The SMILES string of the molecule is CCCCc1ccc(NC(=O)C(=O)OCC)c([N+](=O)[O-])c1. The Balaban J connectivity index is 2.93. The molecule has 1 rings (SSSR count). The zero-order valence-corrected chi connectivity index (χ0v) is 12.0. The Morgan fingerprint density at radius 2 is 2.05 bits per heavy atom. The molecule has 7 heteroatoms. The van der Waals surface area contributed by atoms with Crippen LogP contribution < -0.4 is 5.32 Å². The predicted octanol–water partition coefficient (Wildman–Crippen LogP) is 2.44. The molecule has 0 fully saturated rings. The van der Waals surface area contributed by atoms with Crippen molar-refractivity contribution in [2.24, 2.45) is 0 Å². The number of amides is 1. The van der Waals surface area contributed by atoms with Gasteiger partial charge in [0.1, 0.15) is 5.69 Å². The Labute approximate surface area is 122 Å². The quantitative estimate of drug-likeness (QED) is 0.376. The van der Waals surface area contributed by atoms with Gasteiger partial charge in [-0.2, -0.15) is 0 Å². The van der Waals surface area contributed by atoms with Gasteiger partial charge in [-0.05, 0) is 31.4 Å². The maximum Gasteiger partial charge on any atom is 0.397 e. The Hall–Kier alpha value is -2.44. The number of anilines is 1. The van der Waals surface area contributed by atoms with Crippen LogP contribution in [0, 0.1) is 10.1 Å². The molecule has 21 heavy (non-hydrogen) atoms. The van der Waals surface area contributed by atoms with E-state index in [1.807, 2.05) is 6.92 Å². The number of rotatable bonds is 6. The fourth-order valence-corrected chi connectivity index (χ4v) is 1.74. The molecule has 0 saturated heterocycles. The number of carbonyl (C=O) groups is 2. The summed E-state index contributed by atoms with van der Waals surface area (Å²) in [4.78, 5) is 33.2. The van der Waals surface area contributed by atoms with Crippen molar-refractivity contribution in [1.29, 1.82) is 0 Å². The number of unbranched alkanes of at least 4 members (excludes halogenated alkanes) is 1. The number of nitrogens with zero attached hydrogens (tertiary/aromatic N) is 1. The number of nitrogens with one attached hydrogen (secondary N) is 1. The van der Waals surface area contributed by atoms with Gasteiger partial charge in [0.15, 0.2) is 0 Å². The molecule has 0 radical (unpaired) electrons. The highest BCUT2D eigenvalue weighted by molar-refractivity contribution is 6.37. The normalized spacial score (nSPS) is 10.0. The number of hydrogen-bond acceptors (Lipinski definition) is 5. The zero-order valence-electron chi connectivity index (χ0n) is 12.0. The molecule has 0 aliphatic carbocycles. The summed E-state index contributed by atoms with van der Waals surface area (Å²) in [6, 6.07) is 4.54. The number of carbonyl (C=O) groups excluding carboxylic acids is 2. The summed E-state index contributed by atoms with van der Waals surface area (Å²) in [5.41, 5.74) is 0.567. The van der Waals surface area contributed by atoms with Crippen molar-refractivity contribution >= 4 is 23.3 Å². The van der Waals surface area contributed by atoms with Gasteiger partial charge < -0.3 is 10.1 Å². The molecule has 0 bridgehead atoms.